The number of aryl methyl sites for hydroxylation is 1. The second kappa shape index (κ2) is 14.4. The van der Waals surface area contributed by atoms with E-state index in [1.54, 1.807) is 42.5 Å². The number of sulfonamides is 1. The van der Waals surface area contributed by atoms with Gasteiger partial charge < -0.3 is 15.0 Å². The highest BCUT2D eigenvalue weighted by atomic mass is 32.2. The monoisotopic (exact) mass is 591 g/mol. The highest BCUT2D eigenvalue weighted by molar-refractivity contribution is 7.92. The summed E-state index contributed by atoms with van der Waals surface area (Å²) >= 11 is 0. The van der Waals surface area contributed by atoms with Crippen LogP contribution in [0.1, 0.15) is 57.1 Å². The number of hydrogen-bond acceptors (Lipinski definition) is 5. The van der Waals surface area contributed by atoms with Crippen molar-refractivity contribution >= 4 is 27.5 Å². The quantitative estimate of drug-likeness (QED) is 0.285. The van der Waals surface area contributed by atoms with Gasteiger partial charge in [-0.3, -0.25) is 13.9 Å². The van der Waals surface area contributed by atoms with Gasteiger partial charge in [0.15, 0.2) is 0 Å². The zero-order valence-electron chi connectivity index (χ0n) is 24.7. The first-order valence-electron chi connectivity index (χ1n) is 14.7. The molecule has 1 fully saturated rings. The Morgan fingerprint density at radius 3 is 2.17 bits per heavy atom. The van der Waals surface area contributed by atoms with Gasteiger partial charge in [0.1, 0.15) is 18.3 Å². The number of ether oxygens (including phenoxy) is 1. The number of nitrogens with zero attached hydrogens (tertiary/aromatic N) is 2. The zero-order valence-corrected chi connectivity index (χ0v) is 25.5. The molecule has 3 aromatic rings. The van der Waals surface area contributed by atoms with Crippen LogP contribution in [0.25, 0.3) is 0 Å². The van der Waals surface area contributed by atoms with E-state index in [-0.39, 0.29) is 23.4 Å². The number of nitrogens with one attached hydrogen (secondary N) is 1. The molecule has 2 amide bonds. The standard InChI is InChI=1S/C33H41N3O5S/c1-4-31(33(38)34-27-11-9-10-12-27)35(23-26-17-15-25(3)16-18-26)32(37)24-36(28-13-7-6-8-14-28)42(39,40)30-21-19-29(20-22-30)41-5-2/h6-8,13-22,27,31H,4-5,9-12,23-24H2,1-3H3,(H,34,38)/t31-/m0/s1. The molecule has 1 aliphatic rings. The fourth-order valence-electron chi connectivity index (χ4n) is 5.30. The van der Waals surface area contributed by atoms with E-state index in [2.05, 4.69) is 5.32 Å². The van der Waals surface area contributed by atoms with Crippen molar-refractivity contribution in [2.75, 3.05) is 17.5 Å². The van der Waals surface area contributed by atoms with Gasteiger partial charge in [-0.25, -0.2) is 8.42 Å². The maximum Gasteiger partial charge on any atom is 0.264 e. The second-order valence-corrected chi connectivity index (χ2v) is 12.5. The minimum Gasteiger partial charge on any atom is -0.494 e. The van der Waals surface area contributed by atoms with Crippen LogP contribution in [0.5, 0.6) is 5.75 Å². The van der Waals surface area contributed by atoms with Gasteiger partial charge in [0.05, 0.1) is 17.2 Å². The lowest BCUT2D eigenvalue weighted by atomic mass is 10.1. The Morgan fingerprint density at radius 2 is 1.57 bits per heavy atom. The van der Waals surface area contributed by atoms with Crippen LogP contribution in [0.4, 0.5) is 5.69 Å². The van der Waals surface area contributed by atoms with E-state index in [9.17, 15) is 18.0 Å². The van der Waals surface area contributed by atoms with Crippen LogP contribution in [-0.4, -0.2) is 50.4 Å². The summed E-state index contributed by atoms with van der Waals surface area (Å²) < 4.78 is 34.6. The molecule has 0 aromatic heterocycles. The van der Waals surface area contributed by atoms with Crippen molar-refractivity contribution in [2.45, 2.75) is 76.4 Å². The molecule has 1 saturated carbocycles. The Bertz CT molecular complexity index is 1420. The summed E-state index contributed by atoms with van der Waals surface area (Å²) in [6.45, 7) is 5.90. The van der Waals surface area contributed by atoms with Crippen molar-refractivity contribution in [3.63, 3.8) is 0 Å². The third-order valence-electron chi connectivity index (χ3n) is 7.61. The summed E-state index contributed by atoms with van der Waals surface area (Å²) in [7, 11) is -4.13. The van der Waals surface area contributed by atoms with Gasteiger partial charge in [-0.05, 0) is 75.1 Å². The van der Waals surface area contributed by atoms with Gasteiger partial charge in [-0.15, -0.1) is 0 Å². The van der Waals surface area contributed by atoms with Gasteiger partial charge >= 0.3 is 0 Å². The smallest absolute Gasteiger partial charge is 0.264 e. The first kappa shape index (κ1) is 31.1. The molecule has 224 valence electrons. The van der Waals surface area contributed by atoms with E-state index >= 15 is 0 Å². The summed E-state index contributed by atoms with van der Waals surface area (Å²) in [5.74, 6) is -0.102. The maximum atomic E-state index is 14.2. The number of rotatable bonds is 13. The van der Waals surface area contributed by atoms with Crippen molar-refractivity contribution in [3.8, 4) is 5.75 Å². The second-order valence-electron chi connectivity index (χ2n) is 10.7. The molecule has 4 rings (SSSR count). The van der Waals surface area contributed by atoms with Crippen molar-refractivity contribution < 1.29 is 22.7 Å². The molecule has 9 heteroatoms. The van der Waals surface area contributed by atoms with E-state index in [0.717, 1.165) is 41.1 Å². The fourth-order valence-corrected chi connectivity index (χ4v) is 6.72. The van der Waals surface area contributed by atoms with Gasteiger partial charge in [0.2, 0.25) is 11.8 Å². The van der Waals surface area contributed by atoms with Gasteiger partial charge in [-0.1, -0.05) is 67.8 Å². The lowest BCUT2D eigenvalue weighted by Gasteiger charge is -2.33. The van der Waals surface area contributed by atoms with Crippen LogP contribution in [0, 0.1) is 6.92 Å². The summed E-state index contributed by atoms with van der Waals surface area (Å²) in [4.78, 5) is 29.3. The number of carbonyl (C=O) groups excluding carboxylic acids is 2. The Kier molecular flexibility index (Phi) is 10.6. The molecule has 1 N–H and O–H groups in total. The lowest BCUT2D eigenvalue weighted by Crippen LogP contribution is -2.53. The number of para-hydroxylation sites is 1. The van der Waals surface area contributed by atoms with Crippen molar-refractivity contribution in [1.82, 2.24) is 10.2 Å². The van der Waals surface area contributed by atoms with Crippen LogP contribution in [0.3, 0.4) is 0 Å². The molecule has 42 heavy (non-hydrogen) atoms. The van der Waals surface area contributed by atoms with E-state index in [1.807, 2.05) is 45.0 Å². The topological polar surface area (TPSA) is 96.0 Å². The lowest BCUT2D eigenvalue weighted by molar-refractivity contribution is -0.140. The molecule has 1 aliphatic carbocycles. The van der Waals surface area contributed by atoms with Crippen molar-refractivity contribution in [3.05, 3.63) is 90.0 Å². The number of hydrogen-bond donors (Lipinski definition) is 1. The predicted octanol–water partition coefficient (Wildman–Crippen LogP) is 5.46. The highest BCUT2D eigenvalue weighted by Gasteiger charge is 2.34. The molecule has 0 unspecified atom stereocenters. The average Bonchev–Trinajstić information content (AvgIpc) is 3.50. The highest BCUT2D eigenvalue weighted by Crippen LogP contribution is 2.26. The third kappa shape index (κ3) is 7.70. The van der Waals surface area contributed by atoms with Gasteiger partial charge in [0.25, 0.3) is 10.0 Å². The molecule has 8 nitrogen and oxygen atoms in total. The van der Waals surface area contributed by atoms with Crippen LogP contribution < -0.4 is 14.4 Å². The first-order valence-corrected chi connectivity index (χ1v) is 16.1. The third-order valence-corrected chi connectivity index (χ3v) is 9.39. The first-order chi connectivity index (χ1) is 20.2. The van der Waals surface area contributed by atoms with E-state index in [1.165, 1.54) is 17.0 Å². The summed E-state index contributed by atoms with van der Waals surface area (Å²) in [5, 5.41) is 3.14. The molecule has 0 bridgehead atoms. The molecule has 0 saturated heterocycles. The van der Waals surface area contributed by atoms with Crippen LogP contribution in [0.2, 0.25) is 0 Å². The number of amides is 2. The average molecular weight is 592 g/mol. The molecule has 0 radical (unpaired) electrons. The predicted molar refractivity (Wildman–Crippen MR) is 165 cm³/mol. The molecule has 0 heterocycles. The van der Waals surface area contributed by atoms with Gasteiger partial charge in [0, 0.05) is 12.6 Å². The zero-order chi connectivity index (χ0) is 30.1. The summed E-state index contributed by atoms with van der Waals surface area (Å²) in [6, 6.07) is 21.9. The molecule has 3 aromatic carbocycles. The minimum atomic E-state index is -4.13. The normalized spacial score (nSPS) is 14.3. The molecule has 0 aliphatic heterocycles. The number of benzene rings is 3. The molecular weight excluding hydrogens is 550 g/mol. The van der Waals surface area contributed by atoms with Crippen molar-refractivity contribution in [2.24, 2.45) is 0 Å². The van der Waals surface area contributed by atoms with Crippen LogP contribution in [0.15, 0.2) is 83.8 Å². The van der Waals surface area contributed by atoms with Crippen LogP contribution in [-0.2, 0) is 26.2 Å². The Labute approximate surface area is 249 Å². The SMILES string of the molecule is CCOc1ccc(S(=O)(=O)N(CC(=O)N(Cc2ccc(C)cc2)[C@@H](CC)C(=O)NC2CCCC2)c2ccccc2)cc1. The maximum absolute atomic E-state index is 14.2. The van der Waals surface area contributed by atoms with Gasteiger partial charge in [-0.2, -0.15) is 0 Å². The Balaban J connectivity index is 1.68. The molecule has 0 spiro atoms. The van der Waals surface area contributed by atoms with E-state index in [0.29, 0.717) is 24.5 Å². The fraction of sp³-hybridized carbons (Fsp3) is 0.394. The largest absolute Gasteiger partial charge is 0.494 e. The Morgan fingerprint density at radius 1 is 0.929 bits per heavy atom. The minimum absolute atomic E-state index is 0.0405. The number of anilines is 1. The number of carbonyl (C=O) groups is 2. The summed E-state index contributed by atoms with van der Waals surface area (Å²) in [6.07, 6.45) is 4.39. The molecular formula is C33H41N3O5S. The summed E-state index contributed by atoms with van der Waals surface area (Å²) in [5.41, 5.74) is 2.31. The van der Waals surface area contributed by atoms with E-state index in [4.69, 9.17) is 4.74 Å². The Hall–Kier alpha value is -3.85. The van der Waals surface area contributed by atoms with E-state index < -0.39 is 28.5 Å². The molecule has 1 atom stereocenters. The van der Waals surface area contributed by atoms with Crippen molar-refractivity contribution in [1.29, 1.82) is 0 Å². The van der Waals surface area contributed by atoms with Crippen LogP contribution >= 0.6 is 0 Å².